The Labute approximate surface area is 117 Å². The predicted octanol–water partition coefficient (Wildman–Crippen LogP) is 2.58. The molecule has 1 aliphatic rings. The second kappa shape index (κ2) is 4.96. The summed E-state index contributed by atoms with van der Waals surface area (Å²) in [4.78, 5) is 17.8. The van der Waals surface area contributed by atoms with Gasteiger partial charge in [0.1, 0.15) is 0 Å². The summed E-state index contributed by atoms with van der Waals surface area (Å²) in [6.07, 6.45) is 3.56. The maximum Gasteiger partial charge on any atom is 0.312 e. The van der Waals surface area contributed by atoms with Gasteiger partial charge in [-0.1, -0.05) is 24.3 Å². The van der Waals surface area contributed by atoms with Crippen LogP contribution in [0.2, 0.25) is 0 Å². The number of rotatable bonds is 2. The molecule has 1 aliphatic heterocycles. The molecule has 0 aliphatic carbocycles. The van der Waals surface area contributed by atoms with Gasteiger partial charge in [-0.3, -0.25) is 9.78 Å². The minimum absolute atomic E-state index is 0.479. The molecule has 4 nitrogen and oxygen atoms in total. The molecule has 0 saturated heterocycles. The molecular weight excluding hydrogens is 252 g/mol. The van der Waals surface area contributed by atoms with Crippen molar-refractivity contribution in [2.45, 2.75) is 19.4 Å². The lowest BCUT2D eigenvalue weighted by molar-refractivity contribution is -0.138. The molecule has 0 spiro atoms. The largest absolute Gasteiger partial charge is 0.481 e. The minimum atomic E-state index is -0.770. The maximum absolute atomic E-state index is 11.5. The molecule has 102 valence electrons. The average molecular weight is 268 g/mol. The molecule has 0 saturated carbocycles. The van der Waals surface area contributed by atoms with Gasteiger partial charge < -0.3 is 10.0 Å². The van der Waals surface area contributed by atoms with E-state index in [0.29, 0.717) is 6.54 Å². The van der Waals surface area contributed by atoms with E-state index in [9.17, 15) is 9.90 Å². The van der Waals surface area contributed by atoms with Gasteiger partial charge in [-0.15, -0.1) is 0 Å². The van der Waals surface area contributed by atoms with Crippen LogP contribution in [0.4, 0.5) is 5.69 Å². The Bertz CT molecular complexity index is 654. The zero-order chi connectivity index (χ0) is 14.1. The Morgan fingerprint density at radius 1 is 1.35 bits per heavy atom. The number of benzene rings is 1. The number of fused-ring (bicyclic) bond motifs is 1. The standard InChI is InChI=1S/C16H16N2O2/c1-11-8-17-7-6-15(11)18-9-12-4-2-3-5-13(12)14(10-18)16(19)20/h2-8,14H,9-10H2,1H3,(H,19,20). The van der Waals surface area contributed by atoms with Crippen LogP contribution < -0.4 is 4.90 Å². The first-order chi connectivity index (χ1) is 9.66. The highest BCUT2D eigenvalue weighted by molar-refractivity contribution is 5.78. The second-order valence-corrected chi connectivity index (χ2v) is 5.13. The molecule has 1 N–H and O–H groups in total. The summed E-state index contributed by atoms with van der Waals surface area (Å²) < 4.78 is 0. The Balaban J connectivity index is 2.02. The molecule has 1 unspecified atom stereocenters. The van der Waals surface area contributed by atoms with Crippen LogP contribution >= 0.6 is 0 Å². The summed E-state index contributed by atoms with van der Waals surface area (Å²) in [6, 6.07) is 9.74. The van der Waals surface area contributed by atoms with Crippen molar-refractivity contribution in [3.05, 3.63) is 59.4 Å². The Kier molecular flexibility index (Phi) is 3.14. The zero-order valence-corrected chi connectivity index (χ0v) is 11.3. The third kappa shape index (κ3) is 2.13. The number of aromatic nitrogens is 1. The minimum Gasteiger partial charge on any atom is -0.481 e. The van der Waals surface area contributed by atoms with E-state index in [1.54, 1.807) is 6.20 Å². The van der Waals surface area contributed by atoms with Gasteiger partial charge in [0.15, 0.2) is 0 Å². The van der Waals surface area contributed by atoms with E-state index in [1.807, 2.05) is 43.5 Å². The van der Waals surface area contributed by atoms with Crippen LogP contribution in [0.1, 0.15) is 22.6 Å². The number of carbonyl (C=O) groups is 1. The summed E-state index contributed by atoms with van der Waals surface area (Å²) in [5.74, 6) is -1.25. The van der Waals surface area contributed by atoms with Crippen molar-refractivity contribution < 1.29 is 9.90 Å². The molecule has 1 atom stereocenters. The van der Waals surface area contributed by atoms with Crippen molar-refractivity contribution in [3.63, 3.8) is 0 Å². The van der Waals surface area contributed by atoms with Gasteiger partial charge in [0, 0.05) is 31.2 Å². The molecule has 4 heteroatoms. The number of carboxylic acids is 1. The molecule has 20 heavy (non-hydrogen) atoms. The number of pyridine rings is 1. The van der Waals surface area contributed by atoms with Gasteiger partial charge >= 0.3 is 5.97 Å². The number of aliphatic carboxylic acids is 1. The molecular formula is C16H16N2O2. The number of aryl methyl sites for hydroxylation is 1. The molecule has 1 aromatic heterocycles. The monoisotopic (exact) mass is 268 g/mol. The summed E-state index contributed by atoms with van der Waals surface area (Å²) in [5, 5.41) is 9.48. The van der Waals surface area contributed by atoms with Crippen molar-refractivity contribution >= 4 is 11.7 Å². The number of anilines is 1. The predicted molar refractivity (Wildman–Crippen MR) is 76.8 cm³/mol. The molecule has 2 aromatic rings. The highest BCUT2D eigenvalue weighted by atomic mass is 16.4. The fourth-order valence-corrected chi connectivity index (χ4v) is 2.82. The van der Waals surface area contributed by atoms with Gasteiger partial charge in [0.05, 0.1) is 5.92 Å². The quantitative estimate of drug-likeness (QED) is 0.909. The summed E-state index contributed by atoms with van der Waals surface area (Å²) >= 11 is 0. The molecule has 0 fully saturated rings. The molecule has 1 aromatic carbocycles. The first-order valence-corrected chi connectivity index (χ1v) is 6.63. The third-order valence-electron chi connectivity index (χ3n) is 3.82. The zero-order valence-electron chi connectivity index (χ0n) is 11.3. The average Bonchev–Trinajstić information content (AvgIpc) is 2.46. The van der Waals surface area contributed by atoms with Gasteiger partial charge in [-0.05, 0) is 29.7 Å². The topological polar surface area (TPSA) is 53.4 Å². The van der Waals surface area contributed by atoms with Crippen LogP contribution in [0.25, 0.3) is 0 Å². The van der Waals surface area contributed by atoms with Crippen molar-refractivity contribution in [2.75, 3.05) is 11.4 Å². The molecule has 2 heterocycles. The van der Waals surface area contributed by atoms with Crippen LogP contribution in [-0.2, 0) is 11.3 Å². The SMILES string of the molecule is Cc1cnccc1N1Cc2ccccc2C(C(=O)O)C1. The molecule has 0 amide bonds. The number of hydrogen-bond donors (Lipinski definition) is 1. The van der Waals surface area contributed by atoms with Crippen molar-refractivity contribution in [1.82, 2.24) is 4.98 Å². The fraction of sp³-hybridized carbons (Fsp3) is 0.250. The summed E-state index contributed by atoms with van der Waals surface area (Å²) in [5.41, 5.74) is 4.14. The van der Waals surface area contributed by atoms with Gasteiger partial charge in [-0.2, -0.15) is 0 Å². The van der Waals surface area contributed by atoms with E-state index in [1.165, 1.54) is 0 Å². The molecule has 0 bridgehead atoms. The first-order valence-electron chi connectivity index (χ1n) is 6.63. The van der Waals surface area contributed by atoms with Crippen LogP contribution in [0.15, 0.2) is 42.7 Å². The Morgan fingerprint density at radius 3 is 2.90 bits per heavy atom. The highest BCUT2D eigenvalue weighted by Crippen LogP contribution is 2.32. The van der Waals surface area contributed by atoms with Crippen molar-refractivity contribution in [1.29, 1.82) is 0 Å². The lowest BCUT2D eigenvalue weighted by Gasteiger charge is -2.35. The van der Waals surface area contributed by atoms with Crippen LogP contribution in [0.5, 0.6) is 0 Å². The summed E-state index contributed by atoms with van der Waals surface area (Å²) in [6.45, 7) is 3.24. The van der Waals surface area contributed by atoms with E-state index < -0.39 is 11.9 Å². The van der Waals surface area contributed by atoms with Gasteiger partial charge in [0.2, 0.25) is 0 Å². The lowest BCUT2D eigenvalue weighted by atomic mass is 9.89. The van der Waals surface area contributed by atoms with Gasteiger partial charge in [0.25, 0.3) is 0 Å². The maximum atomic E-state index is 11.5. The van der Waals surface area contributed by atoms with E-state index in [-0.39, 0.29) is 0 Å². The molecule has 0 radical (unpaired) electrons. The second-order valence-electron chi connectivity index (χ2n) is 5.13. The third-order valence-corrected chi connectivity index (χ3v) is 3.82. The summed E-state index contributed by atoms with van der Waals surface area (Å²) in [7, 11) is 0. The molecule has 3 rings (SSSR count). The van der Waals surface area contributed by atoms with E-state index in [2.05, 4.69) is 9.88 Å². The number of nitrogens with zero attached hydrogens (tertiary/aromatic N) is 2. The Morgan fingerprint density at radius 2 is 2.15 bits per heavy atom. The van der Waals surface area contributed by atoms with Gasteiger partial charge in [-0.25, -0.2) is 0 Å². The van der Waals surface area contributed by atoms with Crippen LogP contribution in [0, 0.1) is 6.92 Å². The highest BCUT2D eigenvalue weighted by Gasteiger charge is 2.30. The van der Waals surface area contributed by atoms with Crippen LogP contribution in [-0.4, -0.2) is 22.6 Å². The fourth-order valence-electron chi connectivity index (χ4n) is 2.82. The van der Waals surface area contributed by atoms with Crippen molar-refractivity contribution in [3.8, 4) is 0 Å². The lowest BCUT2D eigenvalue weighted by Crippen LogP contribution is -2.37. The van der Waals surface area contributed by atoms with E-state index in [4.69, 9.17) is 0 Å². The normalized spacial score (nSPS) is 17.6. The van der Waals surface area contributed by atoms with Crippen LogP contribution in [0.3, 0.4) is 0 Å². The first kappa shape index (κ1) is 12.7. The van der Waals surface area contributed by atoms with E-state index in [0.717, 1.165) is 28.9 Å². The van der Waals surface area contributed by atoms with Crippen molar-refractivity contribution in [2.24, 2.45) is 0 Å². The smallest absolute Gasteiger partial charge is 0.312 e. The number of carboxylic acid groups (broad SMARTS) is 1. The Hall–Kier alpha value is -2.36. The number of hydrogen-bond acceptors (Lipinski definition) is 3. The van der Waals surface area contributed by atoms with E-state index >= 15 is 0 Å².